The van der Waals surface area contributed by atoms with Gasteiger partial charge in [0.05, 0.1) is 26.2 Å². The number of Topliss-reactive ketones (excluding diaryl/α,β-unsaturated/α-hetero) is 1. The van der Waals surface area contributed by atoms with E-state index in [-0.39, 0.29) is 37.9 Å². The average Bonchev–Trinajstić information content (AvgIpc) is 2.79. The number of likely N-dealkylation sites (tertiary alicyclic amines) is 1. The lowest BCUT2D eigenvalue weighted by molar-refractivity contribution is -0.141. The third-order valence-electron chi connectivity index (χ3n) is 6.91. The van der Waals surface area contributed by atoms with Gasteiger partial charge >= 0.3 is 17.9 Å². The second kappa shape index (κ2) is 15.6. The Bertz CT molecular complexity index is 770. The minimum atomic E-state index is -1.00. The molecule has 0 aromatic rings. The van der Waals surface area contributed by atoms with Crippen LogP contribution in [0.3, 0.4) is 0 Å². The molecule has 1 amide bonds. The molecule has 210 valence electrons. The van der Waals surface area contributed by atoms with Crippen LogP contribution in [0.15, 0.2) is 0 Å². The highest BCUT2D eigenvalue weighted by Gasteiger charge is 2.26. The number of carboxylic acid groups (broad SMARTS) is 3. The van der Waals surface area contributed by atoms with E-state index in [0.717, 1.165) is 12.8 Å². The molecule has 2 heterocycles. The molecule has 0 bridgehead atoms. The molecule has 2 fully saturated rings. The molecule has 13 heteroatoms. The third kappa shape index (κ3) is 12.5. The normalized spacial score (nSPS) is 20.6. The van der Waals surface area contributed by atoms with Crippen LogP contribution < -0.4 is 0 Å². The Kier molecular flexibility index (Phi) is 12.9. The van der Waals surface area contributed by atoms with Crippen molar-refractivity contribution in [3.63, 3.8) is 0 Å². The third-order valence-corrected chi connectivity index (χ3v) is 6.91. The molecule has 0 atom stereocenters. The van der Waals surface area contributed by atoms with Crippen molar-refractivity contribution >= 4 is 29.6 Å². The predicted octanol–water partition coefficient (Wildman–Crippen LogP) is -1.32. The summed E-state index contributed by atoms with van der Waals surface area (Å²) in [6, 6.07) is 0. The van der Waals surface area contributed by atoms with E-state index in [1.165, 1.54) is 0 Å². The lowest BCUT2D eigenvalue weighted by Crippen LogP contribution is -2.50. The van der Waals surface area contributed by atoms with Gasteiger partial charge in [0, 0.05) is 71.9 Å². The van der Waals surface area contributed by atoms with Crippen LogP contribution in [-0.4, -0.2) is 161 Å². The van der Waals surface area contributed by atoms with Crippen LogP contribution in [0.25, 0.3) is 0 Å². The highest BCUT2D eigenvalue weighted by Crippen LogP contribution is 2.21. The van der Waals surface area contributed by atoms with Gasteiger partial charge in [0.25, 0.3) is 0 Å². The van der Waals surface area contributed by atoms with E-state index < -0.39 is 17.9 Å². The lowest BCUT2D eigenvalue weighted by Gasteiger charge is -2.35. The number of piperidine rings is 1. The summed E-state index contributed by atoms with van der Waals surface area (Å²) < 4.78 is 0. The van der Waals surface area contributed by atoms with Crippen molar-refractivity contribution in [3.05, 3.63) is 0 Å². The molecule has 0 saturated carbocycles. The molecular formula is C24H41N5O8. The Morgan fingerprint density at radius 1 is 0.568 bits per heavy atom. The molecule has 37 heavy (non-hydrogen) atoms. The molecule has 0 unspecified atom stereocenters. The summed E-state index contributed by atoms with van der Waals surface area (Å²) in [5.41, 5.74) is 0. The molecule has 2 rings (SSSR count). The van der Waals surface area contributed by atoms with E-state index in [1.54, 1.807) is 26.5 Å². The number of carbonyl (C=O) groups excluding carboxylic acids is 2. The molecule has 2 aliphatic rings. The summed E-state index contributed by atoms with van der Waals surface area (Å²) in [4.78, 5) is 67.5. The summed E-state index contributed by atoms with van der Waals surface area (Å²) in [6.07, 6.45) is 2.12. The van der Waals surface area contributed by atoms with Crippen LogP contribution in [0.1, 0.15) is 26.2 Å². The number of amides is 1. The number of aliphatic carboxylic acids is 3. The van der Waals surface area contributed by atoms with Crippen molar-refractivity contribution in [2.75, 3.05) is 91.6 Å². The Hall–Kier alpha value is -2.61. The Labute approximate surface area is 217 Å². The maximum atomic E-state index is 13.1. The highest BCUT2D eigenvalue weighted by molar-refractivity contribution is 5.78. The van der Waals surface area contributed by atoms with Crippen molar-refractivity contribution in [2.24, 2.45) is 5.92 Å². The van der Waals surface area contributed by atoms with E-state index in [9.17, 15) is 39.3 Å². The fraction of sp³-hybridized carbons (Fsp3) is 0.792. The molecule has 3 N–H and O–H groups in total. The zero-order chi connectivity index (χ0) is 27.4. The monoisotopic (exact) mass is 527 g/mol. The van der Waals surface area contributed by atoms with Gasteiger partial charge in [-0.25, -0.2) is 0 Å². The quantitative estimate of drug-likeness (QED) is 0.308. The first-order valence-electron chi connectivity index (χ1n) is 12.8. The van der Waals surface area contributed by atoms with Crippen LogP contribution in [0.4, 0.5) is 0 Å². The first-order valence-corrected chi connectivity index (χ1v) is 12.8. The topological polar surface area (TPSA) is 162 Å². The number of hydrogen-bond acceptors (Lipinski definition) is 9. The molecule has 0 aliphatic carbocycles. The van der Waals surface area contributed by atoms with Crippen LogP contribution in [0.2, 0.25) is 0 Å². The predicted molar refractivity (Wildman–Crippen MR) is 133 cm³/mol. The smallest absolute Gasteiger partial charge is 0.317 e. The standard InChI is InChI=1S/C24H41N5O8/c1-19(30)14-20-2-4-29(5-3-20)21(31)15-25-6-8-26(16-22(32)33)10-12-28(18-24(36)37)13-11-27(9-7-25)17-23(34)35/h20H,2-18H2,1H3,(H,32,33)(H,34,35)(H,36,37). The number of carboxylic acids is 3. The summed E-state index contributed by atoms with van der Waals surface area (Å²) in [5, 5.41) is 27.9. The summed E-state index contributed by atoms with van der Waals surface area (Å²) in [5.74, 6) is -2.54. The minimum Gasteiger partial charge on any atom is -0.480 e. The van der Waals surface area contributed by atoms with Crippen molar-refractivity contribution in [2.45, 2.75) is 26.2 Å². The lowest BCUT2D eigenvalue weighted by atomic mass is 9.92. The van der Waals surface area contributed by atoms with E-state index >= 15 is 0 Å². The van der Waals surface area contributed by atoms with Gasteiger partial charge < -0.3 is 25.0 Å². The molecule has 2 aliphatic heterocycles. The van der Waals surface area contributed by atoms with Gasteiger partial charge in [-0.15, -0.1) is 0 Å². The zero-order valence-electron chi connectivity index (χ0n) is 21.7. The average molecular weight is 528 g/mol. The van der Waals surface area contributed by atoms with Gasteiger partial charge in [-0.05, 0) is 25.7 Å². The maximum absolute atomic E-state index is 13.1. The Morgan fingerprint density at radius 3 is 1.19 bits per heavy atom. The van der Waals surface area contributed by atoms with Crippen molar-refractivity contribution < 1.29 is 39.3 Å². The van der Waals surface area contributed by atoms with Crippen molar-refractivity contribution in [1.82, 2.24) is 24.5 Å². The molecule has 0 aromatic carbocycles. The van der Waals surface area contributed by atoms with Crippen molar-refractivity contribution in [3.8, 4) is 0 Å². The molecule has 13 nitrogen and oxygen atoms in total. The van der Waals surface area contributed by atoms with Crippen molar-refractivity contribution in [1.29, 1.82) is 0 Å². The van der Waals surface area contributed by atoms with Gasteiger partial charge in [0.1, 0.15) is 5.78 Å². The van der Waals surface area contributed by atoms with Crippen LogP contribution >= 0.6 is 0 Å². The van der Waals surface area contributed by atoms with E-state index in [4.69, 9.17) is 0 Å². The summed E-state index contributed by atoms with van der Waals surface area (Å²) in [6.45, 7) is 5.22. The number of nitrogens with zero attached hydrogens (tertiary/aromatic N) is 5. The van der Waals surface area contributed by atoms with Gasteiger partial charge in [-0.3, -0.25) is 38.8 Å². The SMILES string of the molecule is CC(=O)CC1CCN(C(=O)CN2CCN(CC(=O)O)CCN(CC(=O)O)CCN(CC(=O)O)CC2)CC1. The maximum Gasteiger partial charge on any atom is 0.317 e. The molecular weight excluding hydrogens is 486 g/mol. The number of rotatable bonds is 10. The Balaban J connectivity index is 2.06. The summed E-state index contributed by atoms with van der Waals surface area (Å²) in [7, 11) is 0. The van der Waals surface area contributed by atoms with E-state index in [2.05, 4.69) is 0 Å². The van der Waals surface area contributed by atoms with E-state index in [1.807, 2.05) is 4.90 Å². The molecule has 0 aromatic heterocycles. The molecule has 0 spiro atoms. The zero-order valence-corrected chi connectivity index (χ0v) is 21.7. The fourth-order valence-corrected chi connectivity index (χ4v) is 4.87. The number of hydrogen-bond donors (Lipinski definition) is 3. The minimum absolute atomic E-state index is 0.0319. The largest absolute Gasteiger partial charge is 0.480 e. The molecule has 2 saturated heterocycles. The number of ketones is 1. The first-order chi connectivity index (χ1) is 17.5. The Morgan fingerprint density at radius 2 is 0.892 bits per heavy atom. The van der Waals surface area contributed by atoms with Crippen LogP contribution in [-0.2, 0) is 24.0 Å². The van der Waals surface area contributed by atoms with Gasteiger partial charge in [-0.1, -0.05) is 0 Å². The van der Waals surface area contributed by atoms with E-state index in [0.29, 0.717) is 77.8 Å². The second-order valence-electron chi connectivity index (χ2n) is 10.0. The van der Waals surface area contributed by atoms with Crippen LogP contribution in [0, 0.1) is 5.92 Å². The van der Waals surface area contributed by atoms with Gasteiger partial charge in [-0.2, -0.15) is 0 Å². The highest BCUT2D eigenvalue weighted by atomic mass is 16.4. The van der Waals surface area contributed by atoms with Gasteiger partial charge in [0.15, 0.2) is 0 Å². The number of carbonyl (C=O) groups is 5. The fourth-order valence-electron chi connectivity index (χ4n) is 4.87. The van der Waals surface area contributed by atoms with Crippen LogP contribution in [0.5, 0.6) is 0 Å². The summed E-state index contributed by atoms with van der Waals surface area (Å²) >= 11 is 0. The molecule has 0 radical (unpaired) electrons. The second-order valence-corrected chi connectivity index (χ2v) is 10.0. The van der Waals surface area contributed by atoms with Gasteiger partial charge in [0.2, 0.25) is 5.91 Å². The first kappa shape index (κ1) is 30.6.